The second kappa shape index (κ2) is 4.98. The van der Waals surface area contributed by atoms with E-state index in [1.165, 1.54) is 35.9 Å². The number of aromatic nitrogens is 2. The standard InChI is InChI=1S/C13H10F3N3O/c1-19-7-11(13(14,15)16)18-12(19)9-4-2-8(3-5-9)10(20)6-17/h2-5,7,10,20H,1H3. The Balaban J connectivity index is 2.38. The molecular weight excluding hydrogens is 271 g/mol. The highest BCUT2D eigenvalue weighted by molar-refractivity contribution is 5.57. The molecule has 0 saturated heterocycles. The summed E-state index contributed by atoms with van der Waals surface area (Å²) in [4.78, 5) is 3.56. The normalized spacial score (nSPS) is 13.0. The quantitative estimate of drug-likeness (QED) is 0.861. The highest BCUT2D eigenvalue weighted by Gasteiger charge is 2.34. The van der Waals surface area contributed by atoms with Gasteiger partial charge in [0.05, 0.1) is 6.07 Å². The highest BCUT2D eigenvalue weighted by atomic mass is 19.4. The highest BCUT2D eigenvalue weighted by Crippen LogP contribution is 2.30. The molecule has 1 atom stereocenters. The van der Waals surface area contributed by atoms with Gasteiger partial charge in [0.1, 0.15) is 5.82 Å². The monoisotopic (exact) mass is 281 g/mol. The van der Waals surface area contributed by atoms with E-state index in [9.17, 15) is 18.3 Å². The SMILES string of the molecule is Cn1cc(C(F)(F)F)nc1-c1ccc(C(O)C#N)cc1. The van der Waals surface area contributed by atoms with Crippen molar-refractivity contribution in [3.63, 3.8) is 0 Å². The molecule has 0 bridgehead atoms. The second-order valence-electron chi connectivity index (χ2n) is 4.21. The summed E-state index contributed by atoms with van der Waals surface area (Å²) in [6.45, 7) is 0. The Kier molecular flexibility index (Phi) is 3.51. The van der Waals surface area contributed by atoms with Crippen LogP contribution >= 0.6 is 0 Å². The average molecular weight is 281 g/mol. The fraction of sp³-hybridized carbons (Fsp3) is 0.231. The molecule has 0 aliphatic carbocycles. The number of rotatable bonds is 2. The topological polar surface area (TPSA) is 61.8 Å². The molecule has 1 aromatic carbocycles. The van der Waals surface area contributed by atoms with Gasteiger partial charge >= 0.3 is 6.18 Å². The number of hydrogen-bond donors (Lipinski definition) is 1. The van der Waals surface area contributed by atoms with Gasteiger partial charge in [0.25, 0.3) is 0 Å². The lowest BCUT2D eigenvalue weighted by molar-refractivity contribution is -0.140. The zero-order valence-corrected chi connectivity index (χ0v) is 10.4. The van der Waals surface area contributed by atoms with Gasteiger partial charge in [-0.25, -0.2) is 4.98 Å². The van der Waals surface area contributed by atoms with Gasteiger partial charge in [-0.3, -0.25) is 0 Å². The number of imidazole rings is 1. The molecule has 0 amide bonds. The van der Waals surface area contributed by atoms with Crippen LogP contribution < -0.4 is 0 Å². The van der Waals surface area contributed by atoms with Crippen LogP contribution in [0.4, 0.5) is 13.2 Å². The zero-order valence-electron chi connectivity index (χ0n) is 10.4. The van der Waals surface area contributed by atoms with Crippen LogP contribution in [0, 0.1) is 11.3 Å². The van der Waals surface area contributed by atoms with Crippen molar-refractivity contribution in [1.82, 2.24) is 9.55 Å². The van der Waals surface area contributed by atoms with E-state index in [1.807, 2.05) is 0 Å². The van der Waals surface area contributed by atoms with Gasteiger partial charge in [-0.1, -0.05) is 24.3 Å². The number of halogens is 3. The largest absolute Gasteiger partial charge is 0.434 e. The molecule has 7 heteroatoms. The van der Waals surface area contributed by atoms with E-state index < -0.39 is 18.0 Å². The summed E-state index contributed by atoms with van der Waals surface area (Å²) < 4.78 is 39.0. The van der Waals surface area contributed by atoms with Gasteiger partial charge in [-0.15, -0.1) is 0 Å². The molecule has 2 rings (SSSR count). The lowest BCUT2D eigenvalue weighted by Crippen LogP contribution is -2.04. The van der Waals surface area contributed by atoms with E-state index in [0.29, 0.717) is 11.1 Å². The van der Waals surface area contributed by atoms with Crippen molar-refractivity contribution in [1.29, 1.82) is 5.26 Å². The van der Waals surface area contributed by atoms with Crippen molar-refractivity contribution >= 4 is 0 Å². The summed E-state index contributed by atoms with van der Waals surface area (Å²) in [6, 6.07) is 7.64. The maximum Gasteiger partial charge on any atom is 0.434 e. The van der Waals surface area contributed by atoms with E-state index in [-0.39, 0.29) is 5.82 Å². The first kappa shape index (κ1) is 14.1. The third-order valence-corrected chi connectivity index (χ3v) is 2.77. The van der Waals surface area contributed by atoms with Crippen LogP contribution in [0.15, 0.2) is 30.5 Å². The molecule has 1 unspecified atom stereocenters. The minimum absolute atomic E-state index is 0.162. The summed E-state index contributed by atoms with van der Waals surface area (Å²) in [5.74, 6) is 0.162. The fourth-order valence-electron chi connectivity index (χ4n) is 1.76. The molecule has 0 aliphatic rings. The van der Waals surface area contributed by atoms with E-state index in [0.717, 1.165) is 6.20 Å². The summed E-state index contributed by atoms with van der Waals surface area (Å²) in [5.41, 5.74) is -0.116. The molecule has 0 aliphatic heterocycles. The predicted octanol–water partition coefficient (Wildman–Crippen LogP) is 2.66. The van der Waals surface area contributed by atoms with Crippen LogP contribution in [-0.4, -0.2) is 14.7 Å². The van der Waals surface area contributed by atoms with Gasteiger partial charge in [0, 0.05) is 18.8 Å². The van der Waals surface area contributed by atoms with Gasteiger partial charge in [0.15, 0.2) is 11.8 Å². The van der Waals surface area contributed by atoms with Crippen molar-refractivity contribution in [2.75, 3.05) is 0 Å². The van der Waals surface area contributed by atoms with Crippen LogP contribution in [0.3, 0.4) is 0 Å². The number of hydrogen-bond acceptors (Lipinski definition) is 3. The van der Waals surface area contributed by atoms with Crippen LogP contribution in [0.1, 0.15) is 17.4 Å². The number of aliphatic hydroxyl groups excluding tert-OH is 1. The fourth-order valence-corrected chi connectivity index (χ4v) is 1.76. The van der Waals surface area contributed by atoms with Crippen LogP contribution in [0.5, 0.6) is 0 Å². The Morgan fingerprint density at radius 1 is 1.30 bits per heavy atom. The van der Waals surface area contributed by atoms with Crippen molar-refractivity contribution in [2.24, 2.45) is 7.05 Å². The Hall–Kier alpha value is -2.33. The second-order valence-corrected chi connectivity index (χ2v) is 4.21. The molecule has 0 fully saturated rings. The smallest absolute Gasteiger partial charge is 0.374 e. The number of nitriles is 1. The summed E-state index contributed by atoms with van der Waals surface area (Å²) in [6.07, 6.45) is -4.84. The van der Waals surface area contributed by atoms with Crippen molar-refractivity contribution in [2.45, 2.75) is 12.3 Å². The summed E-state index contributed by atoms with van der Waals surface area (Å²) >= 11 is 0. The predicted molar refractivity (Wildman–Crippen MR) is 64.2 cm³/mol. The first-order valence-corrected chi connectivity index (χ1v) is 5.61. The van der Waals surface area contributed by atoms with Crippen molar-refractivity contribution in [3.8, 4) is 17.5 Å². The number of nitrogens with zero attached hydrogens (tertiary/aromatic N) is 3. The molecule has 1 aromatic heterocycles. The Morgan fingerprint density at radius 2 is 1.90 bits per heavy atom. The van der Waals surface area contributed by atoms with Crippen LogP contribution in [-0.2, 0) is 13.2 Å². The van der Waals surface area contributed by atoms with E-state index in [4.69, 9.17) is 5.26 Å². The van der Waals surface area contributed by atoms with Crippen LogP contribution in [0.25, 0.3) is 11.4 Å². The number of aliphatic hydroxyl groups is 1. The Morgan fingerprint density at radius 3 is 2.35 bits per heavy atom. The molecule has 0 spiro atoms. The molecule has 0 saturated carbocycles. The Labute approximate surface area is 112 Å². The lowest BCUT2D eigenvalue weighted by Gasteiger charge is -2.05. The number of benzene rings is 1. The molecule has 2 aromatic rings. The molecule has 1 N–H and O–H groups in total. The van der Waals surface area contributed by atoms with E-state index in [2.05, 4.69) is 4.98 Å². The summed E-state index contributed by atoms with van der Waals surface area (Å²) in [5, 5.41) is 17.9. The minimum atomic E-state index is -4.49. The van der Waals surface area contributed by atoms with E-state index >= 15 is 0 Å². The maximum atomic E-state index is 12.6. The lowest BCUT2D eigenvalue weighted by atomic mass is 10.1. The number of aryl methyl sites for hydroxylation is 1. The third kappa shape index (κ3) is 2.65. The van der Waals surface area contributed by atoms with Crippen LogP contribution in [0.2, 0.25) is 0 Å². The summed E-state index contributed by atoms with van der Waals surface area (Å²) in [7, 11) is 1.47. The zero-order chi connectivity index (χ0) is 14.9. The first-order valence-electron chi connectivity index (χ1n) is 5.61. The molecule has 104 valence electrons. The maximum absolute atomic E-state index is 12.6. The Bertz CT molecular complexity index is 653. The molecule has 4 nitrogen and oxygen atoms in total. The molecular formula is C13H10F3N3O. The van der Waals surface area contributed by atoms with Gasteiger partial charge in [-0.2, -0.15) is 18.4 Å². The van der Waals surface area contributed by atoms with Crippen molar-refractivity contribution < 1.29 is 18.3 Å². The van der Waals surface area contributed by atoms with E-state index in [1.54, 1.807) is 6.07 Å². The minimum Gasteiger partial charge on any atom is -0.374 e. The third-order valence-electron chi connectivity index (χ3n) is 2.77. The molecule has 0 radical (unpaired) electrons. The molecule has 20 heavy (non-hydrogen) atoms. The van der Waals surface area contributed by atoms with Gasteiger partial charge in [-0.05, 0) is 5.56 Å². The first-order chi connectivity index (χ1) is 9.32. The van der Waals surface area contributed by atoms with Crippen molar-refractivity contribution in [3.05, 3.63) is 41.7 Å². The average Bonchev–Trinajstić information content (AvgIpc) is 2.80. The van der Waals surface area contributed by atoms with Gasteiger partial charge in [0.2, 0.25) is 0 Å². The van der Waals surface area contributed by atoms with Gasteiger partial charge < -0.3 is 9.67 Å². The number of alkyl halides is 3. The molecule has 1 heterocycles.